The maximum Gasteiger partial charge on any atom is 0.472 e. The molecule has 0 aliphatic carbocycles. The van der Waals surface area contributed by atoms with Crippen LogP contribution in [0.3, 0.4) is 0 Å². The van der Waals surface area contributed by atoms with Gasteiger partial charge in [0.05, 0.1) is 13.2 Å². The highest BCUT2D eigenvalue weighted by atomic mass is 31.2. The van der Waals surface area contributed by atoms with Crippen LogP contribution in [0.4, 0.5) is 0 Å². The number of allylic oxidation sites excluding steroid dienone is 12. The predicted molar refractivity (Wildman–Crippen MR) is 243 cm³/mol. The number of likely N-dealkylation sites (N-methyl/N-ethyl adjacent to an activating group) is 1. The first kappa shape index (κ1) is 55.5. The van der Waals surface area contributed by atoms with Crippen molar-refractivity contribution in [3.8, 4) is 0 Å². The third-order valence-electron chi connectivity index (χ3n) is 9.31. The highest BCUT2D eigenvalue weighted by Gasteiger charge is 2.26. The third kappa shape index (κ3) is 43.0. The molecule has 0 aliphatic heterocycles. The summed E-state index contributed by atoms with van der Waals surface area (Å²) in [5, 5.41) is 2.82. The molecule has 10 heteroatoms. The Morgan fingerprint density at radius 2 is 1.00 bits per heavy atom. The number of hydrogen-bond donors (Lipinski definition) is 2. The van der Waals surface area contributed by atoms with Crippen LogP contribution in [0.1, 0.15) is 181 Å². The molecule has 0 saturated heterocycles. The van der Waals surface area contributed by atoms with Crippen LogP contribution in [0.5, 0.6) is 0 Å². The summed E-state index contributed by atoms with van der Waals surface area (Å²) in [6, 6.07) is 0. The first-order chi connectivity index (χ1) is 28.3. The van der Waals surface area contributed by atoms with Crippen LogP contribution < -0.4 is 5.32 Å². The van der Waals surface area contributed by atoms with Crippen LogP contribution in [-0.2, 0) is 32.7 Å². The molecule has 0 aliphatic rings. The number of phosphoric acid groups is 1. The SMILES string of the molecule is CC/C=C\C/C=C\C/C=C\C/C=C\C/C=C\CCCC(=O)OC(COC(=O)CCCCCCCCCCC/C=C\CCCCCCCC)COP(=O)(O)OCCNC. The standard InChI is InChI=1S/C48H84NO8P/c1-4-6-8-10-12-14-16-18-20-22-23-25-26-28-30-32-34-36-38-40-47(50)54-44-46(45-56-58(52,53)55-43-42-49-3)57-48(51)41-39-37-35-33-31-29-27-24-21-19-17-15-13-11-9-7-5-2/h7,9,13,15,18-21,27,29,33,35,46,49H,4-6,8,10-12,14,16-17,22-26,28,30-32,34,36-45H2,1-3H3,(H,52,53)/b9-7-,15-13-,20-18-,21-19-,29-27-,35-33-. The van der Waals surface area contributed by atoms with Crippen LogP contribution in [0, 0.1) is 0 Å². The zero-order chi connectivity index (χ0) is 42.5. The molecule has 58 heavy (non-hydrogen) atoms. The lowest BCUT2D eigenvalue weighted by molar-refractivity contribution is -0.161. The maximum absolute atomic E-state index is 12.6. The molecule has 0 aromatic rings. The molecular formula is C48H84NO8P. The Bertz CT molecular complexity index is 1180. The first-order valence-corrected chi connectivity index (χ1v) is 24.4. The number of nitrogens with one attached hydrogen (secondary N) is 1. The van der Waals surface area contributed by atoms with Crippen molar-refractivity contribution in [2.24, 2.45) is 0 Å². The Morgan fingerprint density at radius 3 is 1.53 bits per heavy atom. The number of hydrogen-bond acceptors (Lipinski definition) is 8. The van der Waals surface area contributed by atoms with Gasteiger partial charge in [0.2, 0.25) is 0 Å². The highest BCUT2D eigenvalue weighted by molar-refractivity contribution is 7.47. The minimum Gasteiger partial charge on any atom is -0.462 e. The quantitative estimate of drug-likeness (QED) is 0.0268. The minimum atomic E-state index is -4.37. The maximum atomic E-state index is 12.6. The fourth-order valence-corrected chi connectivity index (χ4v) is 6.63. The van der Waals surface area contributed by atoms with Gasteiger partial charge in [0.25, 0.3) is 0 Å². The lowest BCUT2D eigenvalue weighted by Crippen LogP contribution is -2.29. The van der Waals surface area contributed by atoms with Gasteiger partial charge in [-0.3, -0.25) is 18.6 Å². The average molecular weight is 834 g/mol. The van der Waals surface area contributed by atoms with Gasteiger partial charge in [-0.05, 0) is 84.1 Å². The van der Waals surface area contributed by atoms with Crippen LogP contribution in [0.2, 0.25) is 0 Å². The molecule has 0 bridgehead atoms. The van der Waals surface area contributed by atoms with Crippen LogP contribution in [-0.4, -0.2) is 56.3 Å². The van der Waals surface area contributed by atoms with Gasteiger partial charge in [0.15, 0.2) is 6.10 Å². The number of rotatable bonds is 42. The zero-order valence-corrected chi connectivity index (χ0v) is 37.9. The van der Waals surface area contributed by atoms with E-state index < -0.39 is 32.5 Å². The third-order valence-corrected chi connectivity index (χ3v) is 10.3. The molecule has 2 atom stereocenters. The number of carbonyl (C=O) groups is 2. The normalized spacial score (nSPS) is 13.9. The van der Waals surface area contributed by atoms with Gasteiger partial charge in [-0.1, -0.05) is 164 Å². The van der Waals surface area contributed by atoms with Crippen molar-refractivity contribution < 1.29 is 37.6 Å². The summed E-state index contributed by atoms with van der Waals surface area (Å²) in [5.74, 6) is -0.880. The summed E-state index contributed by atoms with van der Waals surface area (Å²) in [4.78, 5) is 35.1. The van der Waals surface area contributed by atoms with E-state index in [0.717, 1.165) is 51.4 Å². The van der Waals surface area contributed by atoms with E-state index in [1.54, 1.807) is 7.05 Å². The summed E-state index contributed by atoms with van der Waals surface area (Å²) in [6.45, 7) is 4.04. The molecule has 0 saturated carbocycles. The molecule has 2 N–H and O–H groups in total. The van der Waals surface area contributed by atoms with Gasteiger partial charge in [-0.25, -0.2) is 4.57 Å². The second-order valence-electron chi connectivity index (χ2n) is 14.8. The summed E-state index contributed by atoms with van der Waals surface area (Å²) >= 11 is 0. The van der Waals surface area contributed by atoms with E-state index in [1.807, 2.05) is 6.08 Å². The van der Waals surface area contributed by atoms with Crippen LogP contribution in [0.25, 0.3) is 0 Å². The van der Waals surface area contributed by atoms with Gasteiger partial charge in [-0.2, -0.15) is 0 Å². The molecule has 2 unspecified atom stereocenters. The number of ether oxygens (including phenoxy) is 2. The molecular weight excluding hydrogens is 750 g/mol. The highest BCUT2D eigenvalue weighted by Crippen LogP contribution is 2.43. The molecule has 334 valence electrons. The molecule has 0 spiro atoms. The summed E-state index contributed by atoms with van der Waals surface area (Å²) < 4.78 is 33.2. The molecule has 0 amide bonds. The lowest BCUT2D eigenvalue weighted by Gasteiger charge is -2.20. The average Bonchev–Trinajstić information content (AvgIpc) is 3.21. The summed E-state index contributed by atoms with van der Waals surface area (Å²) in [6.07, 6.45) is 52.4. The van der Waals surface area contributed by atoms with Gasteiger partial charge in [0.1, 0.15) is 6.61 Å². The smallest absolute Gasteiger partial charge is 0.462 e. The second kappa shape index (κ2) is 44.0. The van der Waals surface area contributed by atoms with Crippen molar-refractivity contribution in [1.82, 2.24) is 5.32 Å². The molecule has 0 aromatic carbocycles. The topological polar surface area (TPSA) is 120 Å². The van der Waals surface area contributed by atoms with Crippen molar-refractivity contribution in [3.63, 3.8) is 0 Å². The van der Waals surface area contributed by atoms with Crippen molar-refractivity contribution in [2.45, 2.75) is 187 Å². The molecule has 0 rings (SSSR count). The van der Waals surface area contributed by atoms with E-state index in [-0.39, 0.29) is 26.1 Å². The van der Waals surface area contributed by atoms with Crippen LogP contribution in [0.15, 0.2) is 72.9 Å². The number of esters is 2. The van der Waals surface area contributed by atoms with Crippen molar-refractivity contribution >= 4 is 19.8 Å². The Labute approximate surface area is 354 Å². The number of carbonyl (C=O) groups excluding carboxylic acids is 2. The van der Waals surface area contributed by atoms with E-state index in [4.69, 9.17) is 18.5 Å². The van der Waals surface area contributed by atoms with Gasteiger partial charge < -0.3 is 19.7 Å². The largest absolute Gasteiger partial charge is 0.472 e. The number of phosphoric ester groups is 1. The van der Waals surface area contributed by atoms with Gasteiger partial charge in [0, 0.05) is 19.4 Å². The summed E-state index contributed by atoms with van der Waals surface area (Å²) in [7, 11) is -2.68. The van der Waals surface area contributed by atoms with E-state index in [9.17, 15) is 19.0 Å². The molecule has 0 fully saturated rings. The monoisotopic (exact) mass is 834 g/mol. The van der Waals surface area contributed by atoms with E-state index in [1.165, 1.54) is 89.9 Å². The Morgan fingerprint density at radius 1 is 0.552 bits per heavy atom. The van der Waals surface area contributed by atoms with E-state index in [2.05, 4.69) is 86.0 Å². The summed E-state index contributed by atoms with van der Waals surface area (Å²) in [5.41, 5.74) is 0. The van der Waals surface area contributed by atoms with Crippen LogP contribution >= 0.6 is 7.82 Å². The second-order valence-corrected chi connectivity index (χ2v) is 16.3. The fraction of sp³-hybridized carbons (Fsp3) is 0.708. The van der Waals surface area contributed by atoms with E-state index >= 15 is 0 Å². The Balaban J connectivity index is 4.28. The molecule has 0 aromatic heterocycles. The minimum absolute atomic E-state index is 0.0310. The molecule has 9 nitrogen and oxygen atoms in total. The van der Waals surface area contributed by atoms with Gasteiger partial charge >= 0.3 is 19.8 Å². The van der Waals surface area contributed by atoms with Crippen molar-refractivity contribution in [1.29, 1.82) is 0 Å². The van der Waals surface area contributed by atoms with Gasteiger partial charge in [-0.15, -0.1) is 0 Å². The Kier molecular flexibility index (Phi) is 42.1. The lowest BCUT2D eigenvalue weighted by atomic mass is 10.1. The number of unbranched alkanes of at least 4 members (excludes halogenated alkanes) is 16. The fourth-order valence-electron chi connectivity index (χ4n) is 5.88. The van der Waals surface area contributed by atoms with Crippen molar-refractivity contribution in [2.75, 3.05) is 33.4 Å². The van der Waals surface area contributed by atoms with Crippen molar-refractivity contribution in [3.05, 3.63) is 72.9 Å². The first-order valence-electron chi connectivity index (χ1n) is 22.9. The molecule has 0 heterocycles. The molecule has 0 radical (unpaired) electrons. The van der Waals surface area contributed by atoms with E-state index in [0.29, 0.717) is 19.4 Å². The predicted octanol–water partition coefficient (Wildman–Crippen LogP) is 13.3. The Hall–Kier alpha value is -2.55. The zero-order valence-electron chi connectivity index (χ0n) is 37.0.